The van der Waals surface area contributed by atoms with Gasteiger partial charge in [-0.3, -0.25) is 4.79 Å². The third-order valence-corrected chi connectivity index (χ3v) is 3.24. The number of nitriles is 2. The quantitative estimate of drug-likeness (QED) is 0.455. The monoisotopic (exact) mass is 317 g/mol. The molecule has 0 saturated heterocycles. The fourth-order valence-electron chi connectivity index (χ4n) is 1.97. The Morgan fingerprint density at radius 1 is 1.17 bits per heavy atom. The van der Waals surface area contributed by atoms with Crippen molar-refractivity contribution in [3.05, 3.63) is 65.4 Å². The Kier molecular flexibility index (Phi) is 5.17. The summed E-state index contributed by atoms with van der Waals surface area (Å²) < 4.78 is 0. The Balaban J connectivity index is 2.19. The van der Waals surface area contributed by atoms with Gasteiger partial charge in [0.05, 0.1) is 22.6 Å². The number of hydrogen-bond acceptors (Lipinski definition) is 5. The lowest BCUT2D eigenvalue weighted by molar-refractivity contribution is -0.112. The summed E-state index contributed by atoms with van der Waals surface area (Å²) in [7, 11) is 0. The molecule has 0 atom stereocenters. The molecule has 118 valence electrons. The van der Waals surface area contributed by atoms with Gasteiger partial charge in [-0.25, -0.2) is 0 Å². The maximum absolute atomic E-state index is 12.2. The van der Waals surface area contributed by atoms with E-state index in [0.717, 1.165) is 5.56 Å². The molecule has 0 heterocycles. The van der Waals surface area contributed by atoms with E-state index < -0.39 is 5.91 Å². The topological polar surface area (TPSA) is 115 Å². The fourth-order valence-corrected chi connectivity index (χ4v) is 1.97. The van der Waals surface area contributed by atoms with Crippen LogP contribution in [0.5, 0.6) is 0 Å². The molecule has 0 aliphatic rings. The smallest absolute Gasteiger partial charge is 0.267 e. The average molecular weight is 317 g/mol. The Hall–Kier alpha value is -3.77. The maximum atomic E-state index is 12.2. The summed E-state index contributed by atoms with van der Waals surface area (Å²) in [4.78, 5) is 12.2. The minimum Gasteiger partial charge on any atom is -0.397 e. The number of carbonyl (C=O) groups is 1. The van der Waals surface area contributed by atoms with E-state index >= 15 is 0 Å². The predicted octanol–water partition coefficient (Wildman–Crippen LogP) is 2.91. The number of rotatable bonds is 4. The van der Waals surface area contributed by atoms with Crippen molar-refractivity contribution in [3.8, 4) is 12.1 Å². The minimum atomic E-state index is -0.612. The van der Waals surface area contributed by atoms with Crippen molar-refractivity contribution in [1.29, 1.82) is 10.5 Å². The summed E-state index contributed by atoms with van der Waals surface area (Å²) in [6, 6.07) is 15.8. The Morgan fingerprint density at radius 2 is 1.92 bits per heavy atom. The average Bonchev–Trinajstić information content (AvgIpc) is 2.58. The number of nitrogens with one attached hydrogen (secondary N) is 2. The van der Waals surface area contributed by atoms with Crippen molar-refractivity contribution in [2.75, 3.05) is 16.4 Å². The van der Waals surface area contributed by atoms with Gasteiger partial charge < -0.3 is 16.4 Å². The Labute approximate surface area is 139 Å². The molecule has 24 heavy (non-hydrogen) atoms. The lowest BCUT2D eigenvalue weighted by Crippen LogP contribution is -2.15. The maximum Gasteiger partial charge on any atom is 0.267 e. The molecule has 0 radical (unpaired) electrons. The van der Waals surface area contributed by atoms with E-state index in [2.05, 4.69) is 10.6 Å². The zero-order chi connectivity index (χ0) is 17.5. The van der Waals surface area contributed by atoms with Crippen molar-refractivity contribution >= 4 is 23.0 Å². The first-order valence-electron chi connectivity index (χ1n) is 7.08. The molecule has 4 N–H and O–H groups in total. The SMILES string of the molecule is Cc1ccc(N)c(N/C=C(/C#N)C(=O)Nc2ccccc2C#N)c1. The van der Waals surface area contributed by atoms with E-state index in [9.17, 15) is 10.1 Å². The lowest BCUT2D eigenvalue weighted by Gasteiger charge is -2.08. The highest BCUT2D eigenvalue weighted by molar-refractivity contribution is 6.07. The van der Waals surface area contributed by atoms with Gasteiger partial charge in [0, 0.05) is 6.20 Å². The molecule has 0 bridgehead atoms. The van der Waals surface area contributed by atoms with Crippen LogP contribution in [0.4, 0.5) is 17.1 Å². The molecule has 6 heteroatoms. The van der Waals surface area contributed by atoms with Crippen molar-refractivity contribution in [2.45, 2.75) is 6.92 Å². The number of anilines is 3. The third-order valence-electron chi connectivity index (χ3n) is 3.24. The highest BCUT2D eigenvalue weighted by Crippen LogP contribution is 2.20. The number of hydrogen-bond donors (Lipinski definition) is 3. The van der Waals surface area contributed by atoms with Crippen LogP contribution in [0.15, 0.2) is 54.2 Å². The first-order chi connectivity index (χ1) is 11.5. The van der Waals surface area contributed by atoms with E-state index in [-0.39, 0.29) is 5.57 Å². The summed E-state index contributed by atoms with van der Waals surface area (Å²) >= 11 is 0. The number of para-hydroxylation sites is 1. The Morgan fingerprint density at radius 3 is 2.62 bits per heavy atom. The van der Waals surface area contributed by atoms with Crippen LogP contribution in [0.2, 0.25) is 0 Å². The van der Waals surface area contributed by atoms with Gasteiger partial charge in [0.15, 0.2) is 0 Å². The van der Waals surface area contributed by atoms with Gasteiger partial charge in [-0.05, 0) is 36.8 Å². The molecule has 0 spiro atoms. The summed E-state index contributed by atoms with van der Waals surface area (Å²) in [5.74, 6) is -0.612. The minimum absolute atomic E-state index is 0.136. The molecular formula is C18H15N5O. The molecule has 1 amide bonds. The van der Waals surface area contributed by atoms with Gasteiger partial charge in [-0.15, -0.1) is 0 Å². The fraction of sp³-hybridized carbons (Fsp3) is 0.0556. The number of amides is 1. The first-order valence-corrected chi connectivity index (χ1v) is 7.08. The first kappa shape index (κ1) is 16.6. The number of nitrogen functional groups attached to an aromatic ring is 1. The Bertz CT molecular complexity index is 887. The number of nitrogens with zero attached hydrogens (tertiary/aromatic N) is 2. The zero-order valence-corrected chi connectivity index (χ0v) is 13.0. The van der Waals surface area contributed by atoms with Gasteiger partial charge in [0.1, 0.15) is 17.7 Å². The van der Waals surface area contributed by atoms with Crippen LogP contribution in [0.1, 0.15) is 11.1 Å². The number of nitrogens with two attached hydrogens (primary N) is 1. The molecule has 2 aromatic rings. The van der Waals surface area contributed by atoms with Crippen LogP contribution in [0.3, 0.4) is 0 Å². The third kappa shape index (κ3) is 3.90. The predicted molar refractivity (Wildman–Crippen MR) is 92.7 cm³/mol. The van der Waals surface area contributed by atoms with Crippen molar-refractivity contribution in [1.82, 2.24) is 0 Å². The molecule has 0 aliphatic carbocycles. The molecular weight excluding hydrogens is 302 g/mol. The second kappa shape index (κ2) is 7.48. The normalized spacial score (nSPS) is 10.4. The zero-order valence-electron chi connectivity index (χ0n) is 13.0. The van der Waals surface area contributed by atoms with Crippen molar-refractivity contribution < 1.29 is 4.79 Å². The van der Waals surface area contributed by atoms with Crippen LogP contribution in [-0.2, 0) is 4.79 Å². The standard InChI is InChI=1S/C18H15N5O/c1-12-6-7-15(21)17(8-12)22-11-14(10-20)18(24)23-16-5-3-2-4-13(16)9-19/h2-8,11,22H,21H2,1H3,(H,23,24)/b14-11-. The summed E-state index contributed by atoms with van der Waals surface area (Å²) in [6.45, 7) is 1.91. The lowest BCUT2D eigenvalue weighted by atomic mass is 10.2. The van der Waals surface area contributed by atoms with E-state index in [1.165, 1.54) is 6.20 Å². The van der Waals surface area contributed by atoms with Crippen molar-refractivity contribution in [2.24, 2.45) is 0 Å². The second-order valence-electron chi connectivity index (χ2n) is 5.02. The number of benzene rings is 2. The van der Waals surface area contributed by atoms with Gasteiger partial charge in [-0.2, -0.15) is 10.5 Å². The van der Waals surface area contributed by atoms with Crippen LogP contribution in [-0.4, -0.2) is 5.91 Å². The molecule has 2 rings (SSSR count). The molecule has 0 fully saturated rings. The van der Waals surface area contributed by atoms with E-state index in [0.29, 0.717) is 22.6 Å². The summed E-state index contributed by atoms with van der Waals surface area (Å²) in [5, 5.41) is 23.6. The van der Waals surface area contributed by atoms with Gasteiger partial charge in [0.25, 0.3) is 5.91 Å². The highest BCUT2D eigenvalue weighted by atomic mass is 16.1. The number of carbonyl (C=O) groups excluding carboxylic acids is 1. The highest BCUT2D eigenvalue weighted by Gasteiger charge is 2.11. The molecule has 0 saturated carbocycles. The molecule has 0 aromatic heterocycles. The van der Waals surface area contributed by atoms with Crippen LogP contribution in [0, 0.1) is 29.6 Å². The van der Waals surface area contributed by atoms with Crippen LogP contribution >= 0.6 is 0 Å². The van der Waals surface area contributed by atoms with Gasteiger partial charge in [0.2, 0.25) is 0 Å². The van der Waals surface area contributed by atoms with E-state index in [1.807, 2.05) is 31.2 Å². The molecule has 0 unspecified atom stereocenters. The van der Waals surface area contributed by atoms with Crippen LogP contribution in [0.25, 0.3) is 0 Å². The van der Waals surface area contributed by atoms with Crippen LogP contribution < -0.4 is 16.4 Å². The summed E-state index contributed by atoms with van der Waals surface area (Å²) in [5.41, 5.74) is 8.48. The number of aryl methyl sites for hydroxylation is 1. The molecule has 6 nitrogen and oxygen atoms in total. The molecule has 2 aromatic carbocycles. The second-order valence-corrected chi connectivity index (χ2v) is 5.02. The summed E-state index contributed by atoms with van der Waals surface area (Å²) in [6.07, 6.45) is 1.29. The van der Waals surface area contributed by atoms with E-state index in [1.54, 1.807) is 30.3 Å². The van der Waals surface area contributed by atoms with Crippen molar-refractivity contribution in [3.63, 3.8) is 0 Å². The van der Waals surface area contributed by atoms with E-state index in [4.69, 9.17) is 11.0 Å². The largest absolute Gasteiger partial charge is 0.397 e. The van der Waals surface area contributed by atoms with Gasteiger partial charge >= 0.3 is 0 Å². The molecule has 0 aliphatic heterocycles. The van der Waals surface area contributed by atoms with Gasteiger partial charge in [-0.1, -0.05) is 18.2 Å².